The highest BCUT2D eigenvalue weighted by atomic mass is 16.2. The van der Waals surface area contributed by atoms with E-state index in [2.05, 4.69) is 10.6 Å². The zero-order valence-electron chi connectivity index (χ0n) is 21.9. The molecule has 3 atom stereocenters. The number of rotatable bonds is 12. The highest BCUT2D eigenvalue weighted by molar-refractivity contribution is 5.93. The van der Waals surface area contributed by atoms with Crippen LogP contribution in [0.2, 0.25) is 0 Å². The van der Waals surface area contributed by atoms with Crippen molar-refractivity contribution in [3.05, 3.63) is 35.9 Å². The molecule has 0 aliphatic heterocycles. The summed E-state index contributed by atoms with van der Waals surface area (Å²) >= 11 is 0. The Labute approximate surface area is 200 Å². The molecule has 0 heterocycles. The van der Waals surface area contributed by atoms with Gasteiger partial charge in [-0.05, 0) is 36.8 Å². The van der Waals surface area contributed by atoms with E-state index in [9.17, 15) is 14.4 Å². The van der Waals surface area contributed by atoms with E-state index in [1.807, 2.05) is 71.9 Å². The first-order chi connectivity index (χ1) is 15.4. The van der Waals surface area contributed by atoms with E-state index < -0.39 is 12.1 Å². The lowest BCUT2D eigenvalue weighted by Gasteiger charge is -2.38. The van der Waals surface area contributed by atoms with Gasteiger partial charge in [0.1, 0.15) is 12.1 Å². The monoisotopic (exact) mass is 460 g/mol. The third kappa shape index (κ3) is 7.84. The zero-order chi connectivity index (χ0) is 25.3. The van der Waals surface area contributed by atoms with E-state index in [1.54, 1.807) is 21.1 Å². The van der Waals surface area contributed by atoms with Crippen molar-refractivity contribution in [3.63, 3.8) is 0 Å². The Hall–Kier alpha value is -2.41. The van der Waals surface area contributed by atoms with Crippen LogP contribution in [0.15, 0.2) is 30.3 Å². The second kappa shape index (κ2) is 13.3. The van der Waals surface area contributed by atoms with Crippen LogP contribution >= 0.6 is 0 Å². The molecule has 0 aliphatic carbocycles. The highest BCUT2D eigenvalue weighted by Crippen LogP contribution is 2.19. The second-order valence-electron chi connectivity index (χ2n) is 9.81. The average molecular weight is 461 g/mol. The zero-order valence-corrected chi connectivity index (χ0v) is 21.9. The number of benzene rings is 1. The van der Waals surface area contributed by atoms with Gasteiger partial charge >= 0.3 is 0 Å². The lowest BCUT2D eigenvalue weighted by Crippen LogP contribution is -2.59. The first-order valence-electron chi connectivity index (χ1n) is 12.0. The number of carbonyl (C=O) groups excluding carboxylic acids is 3. The Morgan fingerprint density at radius 1 is 0.788 bits per heavy atom. The second-order valence-corrected chi connectivity index (χ2v) is 9.81. The Balaban J connectivity index is 2.98. The number of carbonyl (C=O) groups is 3. The maximum Gasteiger partial charge on any atom is 0.246 e. The summed E-state index contributed by atoms with van der Waals surface area (Å²) in [4.78, 5) is 42.8. The van der Waals surface area contributed by atoms with Gasteiger partial charge < -0.3 is 20.4 Å². The average Bonchev–Trinajstić information content (AvgIpc) is 2.74. The van der Waals surface area contributed by atoms with Crippen molar-refractivity contribution in [1.29, 1.82) is 0 Å². The molecule has 0 bridgehead atoms. The van der Waals surface area contributed by atoms with E-state index in [-0.39, 0.29) is 41.5 Å². The lowest BCUT2D eigenvalue weighted by atomic mass is 9.95. The van der Waals surface area contributed by atoms with E-state index >= 15 is 0 Å². The Bertz CT molecular complexity index is 764. The SMILES string of the molecule is CN[C@H](C(=O)N(C)[C@H](C(=O)N(C)[C@H](C(=O)NCCc1ccccc1)C(C)C)C(C)C)C(C)C. The number of amides is 3. The largest absolute Gasteiger partial charge is 0.354 e. The first-order valence-corrected chi connectivity index (χ1v) is 12.0. The summed E-state index contributed by atoms with van der Waals surface area (Å²) in [6.45, 7) is 12.2. The molecule has 7 nitrogen and oxygen atoms in total. The molecular formula is C26H44N4O3. The molecule has 0 saturated heterocycles. The van der Waals surface area contributed by atoms with Crippen LogP contribution < -0.4 is 10.6 Å². The molecule has 33 heavy (non-hydrogen) atoms. The topological polar surface area (TPSA) is 81.8 Å². The van der Waals surface area contributed by atoms with Gasteiger partial charge in [0, 0.05) is 20.6 Å². The maximum absolute atomic E-state index is 13.6. The fourth-order valence-electron chi connectivity index (χ4n) is 4.35. The van der Waals surface area contributed by atoms with Crippen LogP contribution in [-0.2, 0) is 20.8 Å². The Morgan fingerprint density at radius 2 is 1.30 bits per heavy atom. The van der Waals surface area contributed by atoms with Crippen LogP contribution in [0.3, 0.4) is 0 Å². The molecule has 0 spiro atoms. The number of hydrogen-bond acceptors (Lipinski definition) is 4. The van der Waals surface area contributed by atoms with Gasteiger partial charge in [-0.15, -0.1) is 0 Å². The lowest BCUT2D eigenvalue weighted by molar-refractivity contribution is -0.151. The number of hydrogen-bond donors (Lipinski definition) is 2. The van der Waals surface area contributed by atoms with Crippen molar-refractivity contribution in [2.75, 3.05) is 27.7 Å². The van der Waals surface area contributed by atoms with Gasteiger partial charge in [-0.25, -0.2) is 0 Å². The molecule has 0 radical (unpaired) electrons. The van der Waals surface area contributed by atoms with Crippen LogP contribution in [0.25, 0.3) is 0 Å². The fourth-order valence-corrected chi connectivity index (χ4v) is 4.35. The molecule has 3 amide bonds. The van der Waals surface area contributed by atoms with Gasteiger partial charge in [0.25, 0.3) is 0 Å². The molecule has 0 saturated carbocycles. The van der Waals surface area contributed by atoms with Crippen molar-refractivity contribution < 1.29 is 14.4 Å². The third-order valence-electron chi connectivity index (χ3n) is 6.11. The van der Waals surface area contributed by atoms with Crippen LogP contribution in [0.4, 0.5) is 0 Å². The minimum atomic E-state index is -0.657. The highest BCUT2D eigenvalue weighted by Gasteiger charge is 2.39. The summed E-state index contributed by atoms with van der Waals surface area (Å²) in [5.41, 5.74) is 1.15. The third-order valence-corrected chi connectivity index (χ3v) is 6.11. The normalized spacial score (nSPS) is 14.2. The summed E-state index contributed by atoms with van der Waals surface area (Å²) in [6.07, 6.45) is 0.724. The van der Waals surface area contributed by atoms with Crippen molar-refractivity contribution in [2.24, 2.45) is 17.8 Å². The van der Waals surface area contributed by atoms with Crippen LogP contribution in [0, 0.1) is 17.8 Å². The minimum absolute atomic E-state index is 0.0785. The van der Waals surface area contributed by atoms with E-state index in [0.29, 0.717) is 6.54 Å². The van der Waals surface area contributed by atoms with Crippen molar-refractivity contribution in [1.82, 2.24) is 20.4 Å². The van der Waals surface area contributed by atoms with Gasteiger partial charge in [-0.2, -0.15) is 0 Å². The molecule has 7 heteroatoms. The van der Waals surface area contributed by atoms with E-state index in [0.717, 1.165) is 12.0 Å². The minimum Gasteiger partial charge on any atom is -0.354 e. The maximum atomic E-state index is 13.6. The fraction of sp³-hybridized carbons (Fsp3) is 0.654. The van der Waals surface area contributed by atoms with Gasteiger partial charge in [0.2, 0.25) is 17.7 Å². The molecule has 1 rings (SSSR count). The summed E-state index contributed by atoms with van der Waals surface area (Å²) in [5.74, 6) is -0.622. The predicted molar refractivity (Wildman–Crippen MR) is 134 cm³/mol. The molecule has 1 aromatic carbocycles. The van der Waals surface area contributed by atoms with E-state index in [4.69, 9.17) is 0 Å². The molecule has 2 N–H and O–H groups in total. The standard InChI is InChI=1S/C26H44N4O3/c1-17(2)21(27-7)25(32)30(9)23(19(5)6)26(33)29(8)22(18(3)4)24(31)28-16-15-20-13-11-10-12-14-20/h10-14,17-19,21-23,27H,15-16H2,1-9H3,(H,28,31)/t21-,22-,23-/m0/s1. The molecule has 0 aliphatic rings. The van der Waals surface area contributed by atoms with Gasteiger partial charge in [0.05, 0.1) is 6.04 Å². The van der Waals surface area contributed by atoms with Crippen LogP contribution in [-0.4, -0.2) is 73.3 Å². The number of nitrogens with zero attached hydrogens (tertiary/aromatic N) is 2. The van der Waals surface area contributed by atoms with Crippen LogP contribution in [0.5, 0.6) is 0 Å². The van der Waals surface area contributed by atoms with Gasteiger partial charge in [-0.3, -0.25) is 14.4 Å². The van der Waals surface area contributed by atoms with Crippen molar-refractivity contribution in [3.8, 4) is 0 Å². The number of nitrogens with one attached hydrogen (secondary N) is 2. The molecule has 186 valence electrons. The Morgan fingerprint density at radius 3 is 1.76 bits per heavy atom. The summed E-state index contributed by atoms with van der Waals surface area (Å²) in [6, 6.07) is 8.30. The molecule has 0 unspecified atom stereocenters. The summed E-state index contributed by atoms with van der Waals surface area (Å²) < 4.78 is 0. The molecule has 1 aromatic rings. The van der Waals surface area contributed by atoms with Gasteiger partial charge in [-0.1, -0.05) is 71.9 Å². The first kappa shape index (κ1) is 28.6. The predicted octanol–water partition coefficient (Wildman–Crippen LogP) is 2.56. The summed E-state index contributed by atoms with van der Waals surface area (Å²) in [7, 11) is 5.09. The Kier molecular flexibility index (Phi) is 11.6. The molecule has 0 aromatic heterocycles. The van der Waals surface area contributed by atoms with Crippen molar-refractivity contribution in [2.45, 2.75) is 66.1 Å². The van der Waals surface area contributed by atoms with Crippen LogP contribution in [0.1, 0.15) is 47.1 Å². The van der Waals surface area contributed by atoms with Crippen molar-refractivity contribution >= 4 is 17.7 Å². The van der Waals surface area contributed by atoms with E-state index in [1.165, 1.54) is 9.80 Å². The van der Waals surface area contributed by atoms with Gasteiger partial charge in [0.15, 0.2) is 0 Å². The summed E-state index contributed by atoms with van der Waals surface area (Å²) in [5, 5.41) is 6.05. The molecule has 0 fully saturated rings. The smallest absolute Gasteiger partial charge is 0.246 e. The molecular weight excluding hydrogens is 416 g/mol. The quantitative estimate of drug-likeness (QED) is 0.502. The number of likely N-dealkylation sites (N-methyl/N-ethyl adjacent to an activating group) is 3.